The largest absolute Gasteiger partial charge is 0.435 e. The Morgan fingerprint density at radius 2 is 2.17 bits per heavy atom. The van der Waals surface area contributed by atoms with E-state index in [1.165, 1.54) is 16.5 Å². The fraction of sp³-hybridized carbons (Fsp3) is 0.231. The number of alkyl halides is 2. The van der Waals surface area contributed by atoms with E-state index >= 15 is 0 Å². The van der Waals surface area contributed by atoms with Gasteiger partial charge in [0, 0.05) is 23.2 Å². The van der Waals surface area contributed by atoms with Crippen LogP contribution >= 0.6 is 11.3 Å². The van der Waals surface area contributed by atoms with Gasteiger partial charge in [-0.3, -0.25) is 0 Å². The average Bonchev–Trinajstić information content (AvgIpc) is 2.72. The lowest BCUT2D eigenvalue weighted by Gasteiger charge is -2.09. The van der Waals surface area contributed by atoms with E-state index < -0.39 is 6.61 Å². The predicted octanol–water partition coefficient (Wildman–Crippen LogP) is 4.27. The minimum atomic E-state index is -2.79. The molecule has 0 amide bonds. The van der Waals surface area contributed by atoms with E-state index in [-0.39, 0.29) is 5.75 Å². The van der Waals surface area contributed by atoms with Crippen LogP contribution in [-0.4, -0.2) is 6.61 Å². The van der Waals surface area contributed by atoms with Crippen molar-refractivity contribution in [2.45, 2.75) is 20.1 Å². The topological polar surface area (TPSA) is 21.3 Å². The summed E-state index contributed by atoms with van der Waals surface area (Å²) in [6.45, 7) is -0.0642. The van der Waals surface area contributed by atoms with E-state index in [1.54, 1.807) is 23.5 Å². The molecule has 0 spiro atoms. The molecule has 0 aliphatic heterocycles. The summed E-state index contributed by atoms with van der Waals surface area (Å²) in [6.07, 6.45) is 0. The van der Waals surface area contributed by atoms with Crippen molar-refractivity contribution in [2.75, 3.05) is 5.32 Å². The lowest BCUT2D eigenvalue weighted by molar-refractivity contribution is -0.0498. The normalized spacial score (nSPS) is 10.7. The zero-order valence-corrected chi connectivity index (χ0v) is 10.6. The maximum Gasteiger partial charge on any atom is 0.387 e. The van der Waals surface area contributed by atoms with Crippen LogP contribution in [0.1, 0.15) is 10.4 Å². The molecule has 0 bridgehead atoms. The van der Waals surface area contributed by atoms with Gasteiger partial charge in [0.2, 0.25) is 0 Å². The van der Waals surface area contributed by atoms with Gasteiger partial charge in [0.05, 0.1) is 0 Å². The summed E-state index contributed by atoms with van der Waals surface area (Å²) in [4.78, 5) is 1.23. The summed E-state index contributed by atoms with van der Waals surface area (Å²) in [6, 6.07) is 8.63. The Labute approximate surface area is 108 Å². The molecular weight excluding hydrogens is 256 g/mol. The molecule has 0 atom stereocenters. The molecule has 1 aromatic carbocycles. The second-order valence-electron chi connectivity index (χ2n) is 3.79. The van der Waals surface area contributed by atoms with Crippen LogP contribution in [0.4, 0.5) is 14.5 Å². The Morgan fingerprint density at radius 3 is 2.83 bits per heavy atom. The second-order valence-corrected chi connectivity index (χ2v) is 4.79. The summed E-state index contributed by atoms with van der Waals surface area (Å²) < 4.78 is 28.5. The first-order valence-electron chi connectivity index (χ1n) is 5.47. The van der Waals surface area contributed by atoms with Crippen molar-refractivity contribution in [3.05, 3.63) is 46.2 Å². The highest BCUT2D eigenvalue weighted by atomic mass is 32.1. The monoisotopic (exact) mass is 269 g/mol. The van der Waals surface area contributed by atoms with Crippen LogP contribution in [0.2, 0.25) is 0 Å². The molecule has 0 saturated heterocycles. The molecule has 5 heteroatoms. The van der Waals surface area contributed by atoms with E-state index in [1.807, 2.05) is 18.4 Å². The number of hydrogen-bond donors (Lipinski definition) is 1. The molecule has 0 aliphatic carbocycles. The van der Waals surface area contributed by atoms with Gasteiger partial charge in [0.25, 0.3) is 0 Å². The van der Waals surface area contributed by atoms with Crippen LogP contribution in [0.5, 0.6) is 5.75 Å². The summed E-state index contributed by atoms with van der Waals surface area (Å²) in [7, 11) is 0. The number of thiophene rings is 1. The van der Waals surface area contributed by atoms with Crippen LogP contribution in [-0.2, 0) is 6.54 Å². The van der Waals surface area contributed by atoms with Crippen molar-refractivity contribution in [1.29, 1.82) is 0 Å². The molecule has 0 aliphatic rings. The van der Waals surface area contributed by atoms with Crippen molar-refractivity contribution < 1.29 is 13.5 Å². The number of halogens is 2. The zero-order valence-electron chi connectivity index (χ0n) is 9.82. The van der Waals surface area contributed by atoms with Gasteiger partial charge in [0.1, 0.15) is 5.75 Å². The van der Waals surface area contributed by atoms with Gasteiger partial charge in [-0.25, -0.2) is 0 Å². The minimum absolute atomic E-state index is 0.165. The van der Waals surface area contributed by atoms with Gasteiger partial charge >= 0.3 is 6.61 Å². The fourth-order valence-electron chi connectivity index (χ4n) is 1.55. The molecule has 2 aromatic rings. The second kappa shape index (κ2) is 5.82. The number of benzene rings is 1. The van der Waals surface area contributed by atoms with Gasteiger partial charge < -0.3 is 10.1 Å². The SMILES string of the molecule is Cc1ccsc1CNc1cccc(OC(F)F)c1. The van der Waals surface area contributed by atoms with Gasteiger partial charge in [0.15, 0.2) is 0 Å². The molecule has 2 rings (SSSR count). The third kappa shape index (κ3) is 3.43. The van der Waals surface area contributed by atoms with E-state index in [0.29, 0.717) is 6.54 Å². The van der Waals surface area contributed by atoms with E-state index in [9.17, 15) is 8.78 Å². The molecule has 0 radical (unpaired) electrons. The molecule has 2 nitrogen and oxygen atoms in total. The number of aryl methyl sites for hydroxylation is 1. The average molecular weight is 269 g/mol. The summed E-state index contributed by atoms with van der Waals surface area (Å²) in [5, 5.41) is 5.22. The van der Waals surface area contributed by atoms with Gasteiger partial charge in [-0.05, 0) is 36.1 Å². The highest BCUT2D eigenvalue weighted by Gasteiger charge is 2.05. The number of ether oxygens (including phenoxy) is 1. The molecule has 0 saturated carbocycles. The standard InChI is InChI=1S/C13H13F2NOS/c1-9-5-6-18-12(9)8-16-10-3-2-4-11(7-10)17-13(14)15/h2-7,13,16H,8H2,1H3. The molecule has 1 aromatic heterocycles. The van der Waals surface area contributed by atoms with Crippen molar-refractivity contribution >= 4 is 17.0 Å². The third-order valence-corrected chi connectivity index (χ3v) is 3.50. The van der Waals surface area contributed by atoms with Crippen molar-refractivity contribution in [2.24, 2.45) is 0 Å². The molecular formula is C13H13F2NOS. The number of hydrogen-bond acceptors (Lipinski definition) is 3. The van der Waals surface area contributed by atoms with Crippen LogP contribution < -0.4 is 10.1 Å². The highest BCUT2D eigenvalue weighted by Crippen LogP contribution is 2.21. The lowest BCUT2D eigenvalue weighted by atomic mass is 10.2. The van der Waals surface area contributed by atoms with Crippen molar-refractivity contribution in [3.8, 4) is 5.75 Å². The Hall–Kier alpha value is -1.62. The predicted molar refractivity (Wildman–Crippen MR) is 69.5 cm³/mol. The minimum Gasteiger partial charge on any atom is -0.435 e. The molecule has 96 valence electrons. The van der Waals surface area contributed by atoms with Gasteiger partial charge in [-0.1, -0.05) is 6.07 Å². The Morgan fingerprint density at radius 1 is 1.33 bits per heavy atom. The van der Waals surface area contributed by atoms with E-state index in [4.69, 9.17) is 0 Å². The Bertz CT molecular complexity index is 513. The van der Waals surface area contributed by atoms with Crippen LogP contribution in [0.3, 0.4) is 0 Å². The first-order chi connectivity index (χ1) is 8.65. The molecule has 0 unspecified atom stereocenters. The molecule has 18 heavy (non-hydrogen) atoms. The number of nitrogens with one attached hydrogen (secondary N) is 1. The zero-order chi connectivity index (χ0) is 13.0. The van der Waals surface area contributed by atoms with Gasteiger partial charge in [-0.15, -0.1) is 11.3 Å². The Balaban J connectivity index is 1.99. The van der Waals surface area contributed by atoms with Crippen molar-refractivity contribution in [1.82, 2.24) is 0 Å². The maximum absolute atomic E-state index is 12.1. The first kappa shape index (κ1) is 12.8. The van der Waals surface area contributed by atoms with Crippen LogP contribution in [0.15, 0.2) is 35.7 Å². The van der Waals surface area contributed by atoms with E-state index in [2.05, 4.69) is 16.1 Å². The molecule has 0 fully saturated rings. The van der Waals surface area contributed by atoms with Crippen molar-refractivity contribution in [3.63, 3.8) is 0 Å². The highest BCUT2D eigenvalue weighted by molar-refractivity contribution is 7.10. The Kier molecular flexibility index (Phi) is 4.15. The summed E-state index contributed by atoms with van der Waals surface area (Å²) >= 11 is 1.67. The van der Waals surface area contributed by atoms with Gasteiger partial charge in [-0.2, -0.15) is 8.78 Å². The fourth-order valence-corrected chi connectivity index (χ4v) is 2.40. The van der Waals surface area contributed by atoms with E-state index in [0.717, 1.165) is 5.69 Å². The number of rotatable bonds is 5. The third-order valence-electron chi connectivity index (χ3n) is 2.48. The molecule has 1 heterocycles. The quantitative estimate of drug-likeness (QED) is 0.875. The smallest absolute Gasteiger partial charge is 0.387 e. The molecule has 1 N–H and O–H groups in total. The summed E-state index contributed by atoms with van der Waals surface area (Å²) in [5.74, 6) is 0.165. The summed E-state index contributed by atoms with van der Waals surface area (Å²) in [5.41, 5.74) is 1.99. The first-order valence-corrected chi connectivity index (χ1v) is 6.35. The van der Waals surface area contributed by atoms with Crippen LogP contribution in [0.25, 0.3) is 0 Å². The lowest BCUT2D eigenvalue weighted by Crippen LogP contribution is -2.03. The van der Waals surface area contributed by atoms with Crippen LogP contribution in [0, 0.1) is 6.92 Å². The maximum atomic E-state index is 12.1. The number of anilines is 1.